The van der Waals surface area contributed by atoms with Crippen LogP contribution in [0.3, 0.4) is 0 Å². The van der Waals surface area contributed by atoms with Gasteiger partial charge in [0.25, 0.3) is 5.91 Å². The molecule has 2 rings (SSSR count). The van der Waals surface area contributed by atoms with Gasteiger partial charge < -0.3 is 5.32 Å². The van der Waals surface area contributed by atoms with Crippen LogP contribution in [0.2, 0.25) is 4.34 Å². The summed E-state index contributed by atoms with van der Waals surface area (Å²) in [5.74, 6) is 1.00. The van der Waals surface area contributed by atoms with E-state index in [1.165, 1.54) is 24.2 Å². The molecule has 1 aliphatic carbocycles. The molecule has 1 saturated carbocycles. The smallest absolute Gasteiger partial charge is 0.261 e. The van der Waals surface area contributed by atoms with Crippen LogP contribution in [0.15, 0.2) is 12.1 Å². The van der Waals surface area contributed by atoms with E-state index in [2.05, 4.69) is 5.32 Å². The third kappa shape index (κ3) is 3.36. The number of hydrogen-bond acceptors (Lipinski definition) is 2. The van der Waals surface area contributed by atoms with Crippen molar-refractivity contribution in [1.29, 1.82) is 0 Å². The van der Waals surface area contributed by atoms with Gasteiger partial charge in [-0.15, -0.1) is 22.9 Å². The highest BCUT2D eigenvalue weighted by molar-refractivity contribution is 7.17. The first-order valence-corrected chi connectivity index (χ1v) is 7.56. The number of rotatable bonds is 3. The molecule has 2 unspecified atom stereocenters. The van der Waals surface area contributed by atoms with Gasteiger partial charge >= 0.3 is 0 Å². The van der Waals surface area contributed by atoms with Crippen molar-refractivity contribution >= 4 is 40.4 Å². The number of alkyl halides is 1. The van der Waals surface area contributed by atoms with Crippen molar-refractivity contribution in [2.75, 3.05) is 5.88 Å². The van der Waals surface area contributed by atoms with Crippen LogP contribution in [-0.2, 0) is 0 Å². The van der Waals surface area contributed by atoms with E-state index in [0.29, 0.717) is 21.0 Å². The fourth-order valence-corrected chi connectivity index (χ4v) is 3.57. The SMILES string of the molecule is O=C(NC1CCCCC1CCl)c1ccc(Cl)s1. The number of carbonyl (C=O) groups is 1. The number of amides is 1. The molecule has 2 nitrogen and oxygen atoms in total. The zero-order valence-electron chi connectivity index (χ0n) is 9.42. The van der Waals surface area contributed by atoms with E-state index in [9.17, 15) is 4.79 Å². The van der Waals surface area contributed by atoms with Gasteiger partial charge in [0, 0.05) is 11.9 Å². The normalized spacial score (nSPS) is 24.6. The molecule has 0 radical (unpaired) electrons. The Labute approximate surface area is 115 Å². The van der Waals surface area contributed by atoms with Crippen molar-refractivity contribution in [3.8, 4) is 0 Å². The lowest BCUT2D eigenvalue weighted by molar-refractivity contribution is 0.0915. The Morgan fingerprint density at radius 1 is 1.41 bits per heavy atom. The molecule has 1 heterocycles. The third-order valence-corrected chi connectivity index (χ3v) is 4.85. The van der Waals surface area contributed by atoms with E-state index in [0.717, 1.165) is 12.8 Å². The first-order valence-electron chi connectivity index (χ1n) is 5.83. The highest BCUT2D eigenvalue weighted by atomic mass is 35.5. The summed E-state index contributed by atoms with van der Waals surface area (Å²) in [7, 11) is 0. The molecule has 1 aromatic heterocycles. The van der Waals surface area contributed by atoms with Crippen LogP contribution in [0.4, 0.5) is 0 Å². The van der Waals surface area contributed by atoms with E-state index in [1.54, 1.807) is 12.1 Å². The summed E-state index contributed by atoms with van der Waals surface area (Å²) in [5.41, 5.74) is 0. The van der Waals surface area contributed by atoms with Gasteiger partial charge in [0.2, 0.25) is 0 Å². The van der Waals surface area contributed by atoms with E-state index in [4.69, 9.17) is 23.2 Å². The summed E-state index contributed by atoms with van der Waals surface area (Å²) in [5, 5.41) is 3.08. The van der Waals surface area contributed by atoms with Crippen molar-refractivity contribution in [2.24, 2.45) is 5.92 Å². The lowest BCUT2D eigenvalue weighted by Crippen LogP contribution is -2.42. The topological polar surface area (TPSA) is 29.1 Å². The maximum atomic E-state index is 12.0. The van der Waals surface area contributed by atoms with Crippen molar-refractivity contribution < 1.29 is 4.79 Å². The molecule has 1 aromatic rings. The Kier molecular flexibility index (Phi) is 4.71. The lowest BCUT2D eigenvalue weighted by Gasteiger charge is -2.30. The minimum absolute atomic E-state index is 0.0242. The van der Waals surface area contributed by atoms with Crippen LogP contribution in [0, 0.1) is 5.92 Å². The highest BCUT2D eigenvalue weighted by Crippen LogP contribution is 2.27. The Morgan fingerprint density at radius 3 is 2.82 bits per heavy atom. The van der Waals surface area contributed by atoms with Gasteiger partial charge in [0.1, 0.15) is 0 Å². The van der Waals surface area contributed by atoms with Gasteiger partial charge in [-0.2, -0.15) is 0 Å². The van der Waals surface area contributed by atoms with Gasteiger partial charge in [-0.25, -0.2) is 0 Å². The van der Waals surface area contributed by atoms with E-state index in [1.807, 2.05) is 0 Å². The molecular weight excluding hydrogens is 277 g/mol. The van der Waals surface area contributed by atoms with E-state index >= 15 is 0 Å². The molecule has 1 N–H and O–H groups in total. The Hall–Kier alpha value is -0.250. The molecule has 0 aromatic carbocycles. The molecule has 5 heteroatoms. The van der Waals surface area contributed by atoms with Crippen LogP contribution >= 0.6 is 34.5 Å². The summed E-state index contributed by atoms with van der Waals surface area (Å²) >= 11 is 13.1. The molecule has 0 aliphatic heterocycles. The Bertz CT molecular complexity index is 394. The molecule has 0 bridgehead atoms. The predicted octanol–water partition coefficient (Wildman–Crippen LogP) is 3.93. The summed E-state index contributed by atoms with van der Waals surface area (Å²) in [4.78, 5) is 12.7. The average Bonchev–Trinajstić information content (AvgIpc) is 2.77. The van der Waals surface area contributed by atoms with Crippen LogP contribution < -0.4 is 5.32 Å². The average molecular weight is 292 g/mol. The van der Waals surface area contributed by atoms with Gasteiger partial charge in [-0.1, -0.05) is 24.4 Å². The maximum absolute atomic E-state index is 12.0. The molecule has 0 saturated heterocycles. The quantitative estimate of drug-likeness (QED) is 0.840. The highest BCUT2D eigenvalue weighted by Gasteiger charge is 2.26. The standard InChI is InChI=1S/C12H15Cl2NOS/c13-7-8-3-1-2-4-9(8)15-12(16)10-5-6-11(14)17-10/h5-6,8-9H,1-4,7H2,(H,15,16). The summed E-state index contributed by atoms with van der Waals surface area (Å²) < 4.78 is 0.646. The van der Waals surface area contributed by atoms with Crippen LogP contribution in [0.1, 0.15) is 35.4 Å². The van der Waals surface area contributed by atoms with Crippen molar-refractivity contribution in [1.82, 2.24) is 5.32 Å². The van der Waals surface area contributed by atoms with Crippen molar-refractivity contribution in [2.45, 2.75) is 31.7 Å². The third-order valence-electron chi connectivity index (χ3n) is 3.22. The Morgan fingerprint density at radius 2 is 2.18 bits per heavy atom. The number of nitrogens with one attached hydrogen (secondary N) is 1. The van der Waals surface area contributed by atoms with Gasteiger partial charge in [-0.05, 0) is 30.9 Å². The fourth-order valence-electron chi connectivity index (χ4n) is 2.26. The summed E-state index contributed by atoms with van der Waals surface area (Å²) in [6.07, 6.45) is 4.53. The first kappa shape index (κ1) is 13.2. The van der Waals surface area contributed by atoms with Crippen molar-refractivity contribution in [3.63, 3.8) is 0 Å². The monoisotopic (exact) mass is 291 g/mol. The molecule has 0 spiro atoms. The summed E-state index contributed by atoms with van der Waals surface area (Å²) in [6, 6.07) is 3.73. The van der Waals surface area contributed by atoms with Gasteiger partial charge in [0.15, 0.2) is 0 Å². The zero-order valence-corrected chi connectivity index (χ0v) is 11.7. The largest absolute Gasteiger partial charge is 0.348 e. The molecule has 1 amide bonds. The fraction of sp³-hybridized carbons (Fsp3) is 0.583. The minimum atomic E-state index is -0.0242. The minimum Gasteiger partial charge on any atom is -0.348 e. The second-order valence-corrected chi connectivity index (χ2v) is 6.41. The van der Waals surface area contributed by atoms with Crippen LogP contribution in [-0.4, -0.2) is 17.8 Å². The van der Waals surface area contributed by atoms with Gasteiger partial charge in [0.05, 0.1) is 9.21 Å². The maximum Gasteiger partial charge on any atom is 0.261 e. The molecule has 1 fully saturated rings. The van der Waals surface area contributed by atoms with E-state index < -0.39 is 0 Å². The summed E-state index contributed by atoms with van der Waals surface area (Å²) in [6.45, 7) is 0. The number of thiophene rings is 1. The number of halogens is 2. The van der Waals surface area contributed by atoms with Gasteiger partial charge in [-0.3, -0.25) is 4.79 Å². The molecule has 17 heavy (non-hydrogen) atoms. The molecule has 2 atom stereocenters. The molecule has 1 aliphatic rings. The molecular formula is C12H15Cl2NOS. The predicted molar refractivity (Wildman–Crippen MR) is 73.3 cm³/mol. The Balaban J connectivity index is 1.97. The zero-order chi connectivity index (χ0) is 12.3. The number of carbonyl (C=O) groups excluding carboxylic acids is 1. The van der Waals surface area contributed by atoms with Crippen LogP contribution in [0.5, 0.6) is 0 Å². The molecule has 94 valence electrons. The number of hydrogen-bond donors (Lipinski definition) is 1. The second kappa shape index (κ2) is 6.07. The lowest BCUT2D eigenvalue weighted by atomic mass is 9.86. The first-order chi connectivity index (χ1) is 8.20. The van der Waals surface area contributed by atoms with E-state index in [-0.39, 0.29) is 11.9 Å². The van der Waals surface area contributed by atoms with Crippen molar-refractivity contribution in [3.05, 3.63) is 21.3 Å². The van der Waals surface area contributed by atoms with Crippen LogP contribution in [0.25, 0.3) is 0 Å². The second-order valence-electron chi connectivity index (χ2n) is 4.38.